The number of aliphatic hydroxyl groups is 1. The SMILES string of the molecule is CC(C(=O)Nc1ccc(C2CC2)c(-c2ccc3nc(Nc4cnn(CCO)c4)ncc3c2)c1)c1cc(O)cc(C(C)(C)C#N)c1. The molecule has 6 rings (SSSR count). The minimum atomic E-state index is -0.800. The van der Waals surface area contributed by atoms with E-state index in [4.69, 9.17) is 5.11 Å². The normalized spacial score (nSPS) is 13.8. The minimum absolute atomic E-state index is 0.00939. The van der Waals surface area contributed by atoms with Crippen LogP contribution in [0.25, 0.3) is 22.0 Å². The topological polar surface area (TPSA) is 149 Å². The van der Waals surface area contributed by atoms with Crippen LogP contribution in [0.15, 0.2) is 73.2 Å². The van der Waals surface area contributed by atoms with Crippen LogP contribution in [-0.4, -0.2) is 42.5 Å². The van der Waals surface area contributed by atoms with E-state index in [0.717, 1.165) is 40.6 Å². The van der Waals surface area contributed by atoms with Crippen molar-refractivity contribution in [3.8, 4) is 22.9 Å². The molecule has 1 aliphatic rings. The molecule has 2 heterocycles. The summed E-state index contributed by atoms with van der Waals surface area (Å²) in [5, 5.41) is 40.3. The van der Waals surface area contributed by atoms with E-state index >= 15 is 0 Å². The molecule has 1 amide bonds. The number of anilines is 3. The van der Waals surface area contributed by atoms with Crippen LogP contribution in [0.4, 0.5) is 17.3 Å². The van der Waals surface area contributed by atoms with Gasteiger partial charge in [0.05, 0.1) is 48.0 Å². The minimum Gasteiger partial charge on any atom is -0.508 e. The molecular weight excluding hydrogens is 566 g/mol. The van der Waals surface area contributed by atoms with Gasteiger partial charge in [-0.15, -0.1) is 0 Å². The lowest BCUT2D eigenvalue weighted by molar-refractivity contribution is -0.117. The highest BCUT2D eigenvalue weighted by molar-refractivity contribution is 5.96. The van der Waals surface area contributed by atoms with Crippen molar-refractivity contribution in [3.63, 3.8) is 0 Å². The average Bonchev–Trinajstić information content (AvgIpc) is 3.79. The molecule has 3 aromatic carbocycles. The number of nitriles is 1. The van der Waals surface area contributed by atoms with Gasteiger partial charge in [0.25, 0.3) is 0 Å². The van der Waals surface area contributed by atoms with Gasteiger partial charge in [-0.25, -0.2) is 9.97 Å². The van der Waals surface area contributed by atoms with Gasteiger partial charge in [-0.2, -0.15) is 10.4 Å². The number of hydrogen-bond acceptors (Lipinski definition) is 8. The number of rotatable bonds is 10. The Morgan fingerprint density at radius 1 is 1.11 bits per heavy atom. The highest BCUT2D eigenvalue weighted by atomic mass is 16.3. The Bertz CT molecular complexity index is 1940. The lowest BCUT2D eigenvalue weighted by Gasteiger charge is -2.20. The molecule has 45 heavy (non-hydrogen) atoms. The first-order valence-electron chi connectivity index (χ1n) is 15.0. The number of fused-ring (bicyclic) bond motifs is 1. The summed E-state index contributed by atoms with van der Waals surface area (Å²) in [6.45, 7) is 5.78. The summed E-state index contributed by atoms with van der Waals surface area (Å²) in [6.07, 6.45) is 7.50. The first kappa shape index (κ1) is 29.8. The standard InChI is InChI=1S/C35H35N7O3/c1-21(24-13-26(15-29(44)14-24)35(2,3)20-36)33(45)39-27-7-8-30(22-4-5-22)31(16-27)23-6-9-32-25(12-23)17-37-34(41-32)40-28-18-38-42(19-28)10-11-43/h6-9,12-19,21-22,43-44H,4-5,10-11H2,1-3H3,(H,39,45)(H,37,40,41). The number of carbonyl (C=O) groups is 1. The van der Waals surface area contributed by atoms with Gasteiger partial charge in [0.15, 0.2) is 0 Å². The number of aromatic hydroxyl groups is 1. The van der Waals surface area contributed by atoms with Crippen LogP contribution in [0.2, 0.25) is 0 Å². The number of aromatic nitrogens is 4. The van der Waals surface area contributed by atoms with Crippen molar-refractivity contribution in [1.29, 1.82) is 5.26 Å². The first-order chi connectivity index (χ1) is 21.6. The van der Waals surface area contributed by atoms with E-state index in [1.54, 1.807) is 56.2 Å². The Morgan fingerprint density at radius 3 is 2.69 bits per heavy atom. The second-order valence-corrected chi connectivity index (χ2v) is 12.1. The second-order valence-electron chi connectivity index (χ2n) is 12.1. The van der Waals surface area contributed by atoms with E-state index in [9.17, 15) is 15.2 Å². The zero-order valence-electron chi connectivity index (χ0n) is 25.5. The van der Waals surface area contributed by atoms with Crippen molar-refractivity contribution in [3.05, 3.63) is 89.9 Å². The molecular formula is C35H35N7O3. The van der Waals surface area contributed by atoms with Crippen LogP contribution in [0.5, 0.6) is 5.75 Å². The maximum atomic E-state index is 13.4. The summed E-state index contributed by atoms with van der Waals surface area (Å²) in [7, 11) is 0. The van der Waals surface area contributed by atoms with Gasteiger partial charge in [-0.1, -0.05) is 18.2 Å². The molecule has 0 spiro atoms. The van der Waals surface area contributed by atoms with Gasteiger partial charge in [-0.3, -0.25) is 9.48 Å². The molecule has 0 aliphatic heterocycles. The lowest BCUT2D eigenvalue weighted by Crippen LogP contribution is -2.20. The van der Waals surface area contributed by atoms with Gasteiger partial charge >= 0.3 is 0 Å². The Kier molecular flexibility index (Phi) is 7.96. The number of amides is 1. The number of phenolic OH excluding ortho intramolecular Hbond substituents is 1. The molecule has 1 atom stereocenters. The monoisotopic (exact) mass is 601 g/mol. The van der Waals surface area contributed by atoms with Crippen molar-refractivity contribution in [2.24, 2.45) is 0 Å². The van der Waals surface area contributed by atoms with E-state index in [0.29, 0.717) is 35.2 Å². The molecule has 10 heteroatoms. The third-order valence-corrected chi connectivity index (χ3v) is 8.28. The predicted molar refractivity (Wildman–Crippen MR) is 173 cm³/mol. The molecule has 2 aromatic heterocycles. The van der Waals surface area contributed by atoms with E-state index in [1.807, 2.05) is 30.3 Å². The van der Waals surface area contributed by atoms with Crippen LogP contribution in [0.3, 0.4) is 0 Å². The number of carbonyl (C=O) groups excluding carboxylic acids is 1. The third-order valence-electron chi connectivity index (χ3n) is 8.28. The number of nitrogens with zero attached hydrogens (tertiary/aromatic N) is 5. The Balaban J connectivity index is 1.24. The summed E-state index contributed by atoms with van der Waals surface area (Å²) in [5.74, 6) is 0.204. The quantitative estimate of drug-likeness (QED) is 0.145. The zero-order valence-corrected chi connectivity index (χ0v) is 25.5. The molecule has 0 bridgehead atoms. The predicted octanol–water partition coefficient (Wildman–Crippen LogP) is 6.36. The molecule has 5 aromatic rings. The van der Waals surface area contributed by atoms with E-state index in [2.05, 4.69) is 43.9 Å². The molecule has 1 fully saturated rings. The first-order valence-corrected chi connectivity index (χ1v) is 15.0. The summed E-state index contributed by atoms with van der Waals surface area (Å²) >= 11 is 0. The van der Waals surface area contributed by atoms with Gasteiger partial charge in [0.2, 0.25) is 11.9 Å². The van der Waals surface area contributed by atoms with Crippen LogP contribution in [-0.2, 0) is 16.8 Å². The van der Waals surface area contributed by atoms with Crippen LogP contribution >= 0.6 is 0 Å². The second kappa shape index (κ2) is 12.0. The molecule has 0 saturated heterocycles. The molecule has 1 aliphatic carbocycles. The number of phenols is 1. The summed E-state index contributed by atoms with van der Waals surface area (Å²) < 4.78 is 1.64. The maximum absolute atomic E-state index is 13.4. The zero-order chi connectivity index (χ0) is 31.7. The fraction of sp³-hybridized carbons (Fsp3) is 0.286. The third kappa shape index (κ3) is 6.49. The molecule has 1 saturated carbocycles. The summed E-state index contributed by atoms with van der Waals surface area (Å²) in [4.78, 5) is 22.6. The van der Waals surface area contributed by atoms with Gasteiger partial charge < -0.3 is 20.8 Å². The van der Waals surface area contributed by atoms with Crippen molar-refractivity contribution in [1.82, 2.24) is 19.7 Å². The van der Waals surface area contributed by atoms with E-state index in [1.165, 1.54) is 5.56 Å². The fourth-order valence-electron chi connectivity index (χ4n) is 5.39. The molecule has 228 valence electrons. The number of aliphatic hydroxyl groups excluding tert-OH is 1. The van der Waals surface area contributed by atoms with E-state index in [-0.39, 0.29) is 18.3 Å². The van der Waals surface area contributed by atoms with Crippen LogP contribution in [0.1, 0.15) is 62.1 Å². The number of benzene rings is 3. The summed E-state index contributed by atoms with van der Waals surface area (Å²) in [6, 6.07) is 19.4. The number of nitrogens with one attached hydrogen (secondary N) is 2. The fourth-order valence-corrected chi connectivity index (χ4v) is 5.39. The van der Waals surface area contributed by atoms with Gasteiger partial charge in [0.1, 0.15) is 5.75 Å². The maximum Gasteiger partial charge on any atom is 0.231 e. The Hall–Kier alpha value is -5.27. The molecule has 0 radical (unpaired) electrons. The lowest BCUT2D eigenvalue weighted by atomic mass is 9.84. The van der Waals surface area contributed by atoms with Gasteiger partial charge in [0, 0.05) is 23.5 Å². The highest BCUT2D eigenvalue weighted by Gasteiger charge is 2.28. The van der Waals surface area contributed by atoms with Crippen molar-refractivity contribution in [2.75, 3.05) is 17.2 Å². The number of hydrogen-bond donors (Lipinski definition) is 4. The molecule has 10 nitrogen and oxygen atoms in total. The molecule has 1 unspecified atom stereocenters. The Labute approximate surface area is 261 Å². The smallest absolute Gasteiger partial charge is 0.231 e. The van der Waals surface area contributed by atoms with Crippen LogP contribution in [0, 0.1) is 11.3 Å². The van der Waals surface area contributed by atoms with Gasteiger partial charge in [-0.05, 0) is 104 Å². The highest BCUT2D eigenvalue weighted by Crippen LogP contribution is 2.45. The van der Waals surface area contributed by atoms with Crippen molar-refractivity contribution >= 4 is 34.1 Å². The van der Waals surface area contributed by atoms with E-state index < -0.39 is 11.3 Å². The molecule has 4 N–H and O–H groups in total. The van der Waals surface area contributed by atoms with Crippen molar-refractivity contribution in [2.45, 2.75) is 57.4 Å². The Morgan fingerprint density at radius 2 is 1.93 bits per heavy atom. The average molecular weight is 602 g/mol. The van der Waals surface area contributed by atoms with Crippen molar-refractivity contribution < 1.29 is 15.0 Å². The van der Waals surface area contributed by atoms with Crippen LogP contribution < -0.4 is 10.6 Å². The summed E-state index contributed by atoms with van der Waals surface area (Å²) in [5.41, 5.74) is 6.02. The largest absolute Gasteiger partial charge is 0.508 e.